The molecule has 0 aliphatic carbocycles. The summed E-state index contributed by atoms with van der Waals surface area (Å²) in [6.07, 6.45) is 1.71. The number of piperidine rings is 1. The van der Waals surface area contributed by atoms with E-state index in [4.69, 9.17) is 16.3 Å². The van der Waals surface area contributed by atoms with Gasteiger partial charge < -0.3 is 15.0 Å². The number of halogens is 1. The van der Waals surface area contributed by atoms with Gasteiger partial charge in [-0.3, -0.25) is 14.4 Å². The van der Waals surface area contributed by atoms with Gasteiger partial charge in [-0.25, -0.2) is 0 Å². The smallest absolute Gasteiger partial charge is 0.308 e. The number of methoxy groups -OCH3 is 1. The highest BCUT2D eigenvalue weighted by Gasteiger charge is 2.32. The Kier molecular flexibility index (Phi) is 7.66. The first-order chi connectivity index (χ1) is 12.8. The first-order valence-corrected chi connectivity index (χ1v) is 9.62. The Morgan fingerprint density at radius 3 is 2.30 bits per heavy atom. The standard InChI is InChI=1S/C20H27ClN2O4/c1-13(2)12-17(22-18(24)14-4-6-16(21)7-5-14)19(25)23-10-8-15(9-11-23)20(26)27-3/h4-7,13,15,17H,8-12H2,1-3H3,(H,22,24). The van der Waals surface area contributed by atoms with Crippen LogP contribution in [0.1, 0.15) is 43.5 Å². The fourth-order valence-corrected chi connectivity index (χ4v) is 3.38. The summed E-state index contributed by atoms with van der Waals surface area (Å²) < 4.78 is 4.79. The molecule has 0 bridgehead atoms. The van der Waals surface area contributed by atoms with Crippen LogP contribution in [0.3, 0.4) is 0 Å². The Bertz CT molecular complexity index is 667. The molecule has 1 atom stereocenters. The number of esters is 1. The van der Waals surface area contributed by atoms with Gasteiger partial charge in [0.15, 0.2) is 0 Å². The summed E-state index contributed by atoms with van der Waals surface area (Å²) in [5, 5.41) is 3.41. The van der Waals surface area contributed by atoms with Gasteiger partial charge in [0.1, 0.15) is 6.04 Å². The lowest BCUT2D eigenvalue weighted by molar-refractivity contribution is -0.149. The molecule has 0 saturated carbocycles. The van der Waals surface area contributed by atoms with Crippen molar-refractivity contribution in [2.75, 3.05) is 20.2 Å². The van der Waals surface area contributed by atoms with E-state index in [0.717, 1.165) is 0 Å². The van der Waals surface area contributed by atoms with Crippen LogP contribution in [0, 0.1) is 11.8 Å². The SMILES string of the molecule is COC(=O)C1CCN(C(=O)C(CC(C)C)NC(=O)c2ccc(Cl)cc2)CC1. The molecule has 1 heterocycles. The number of nitrogens with zero attached hydrogens (tertiary/aromatic N) is 1. The molecule has 6 nitrogen and oxygen atoms in total. The van der Waals surface area contributed by atoms with E-state index in [1.807, 2.05) is 13.8 Å². The van der Waals surface area contributed by atoms with Crippen LogP contribution in [0.25, 0.3) is 0 Å². The lowest BCUT2D eigenvalue weighted by Crippen LogP contribution is -2.51. The minimum absolute atomic E-state index is 0.102. The predicted molar refractivity (Wildman–Crippen MR) is 103 cm³/mol. The van der Waals surface area contributed by atoms with E-state index in [9.17, 15) is 14.4 Å². The maximum absolute atomic E-state index is 13.0. The van der Waals surface area contributed by atoms with Crippen molar-refractivity contribution in [1.29, 1.82) is 0 Å². The van der Waals surface area contributed by atoms with Gasteiger partial charge in [0, 0.05) is 23.7 Å². The summed E-state index contributed by atoms with van der Waals surface area (Å²) >= 11 is 5.86. The number of likely N-dealkylation sites (tertiary alicyclic amines) is 1. The van der Waals surface area contributed by atoms with E-state index in [1.54, 1.807) is 29.2 Å². The Morgan fingerprint density at radius 1 is 1.19 bits per heavy atom. The van der Waals surface area contributed by atoms with Gasteiger partial charge in [0.05, 0.1) is 13.0 Å². The Balaban J connectivity index is 2.02. The molecule has 1 unspecified atom stereocenters. The Labute approximate surface area is 165 Å². The second-order valence-electron chi connectivity index (χ2n) is 7.29. The third kappa shape index (κ3) is 5.96. The quantitative estimate of drug-likeness (QED) is 0.753. The van der Waals surface area contributed by atoms with Gasteiger partial charge in [-0.1, -0.05) is 25.4 Å². The van der Waals surface area contributed by atoms with Crippen LogP contribution >= 0.6 is 11.6 Å². The molecule has 148 valence electrons. The summed E-state index contributed by atoms with van der Waals surface area (Å²) in [5.74, 6) is -0.537. The van der Waals surface area contributed by atoms with Crippen LogP contribution in [0.5, 0.6) is 0 Å². The van der Waals surface area contributed by atoms with Gasteiger partial charge in [-0.15, -0.1) is 0 Å². The van der Waals surface area contributed by atoms with Gasteiger partial charge in [0.2, 0.25) is 5.91 Å². The Hall–Kier alpha value is -2.08. The number of nitrogens with one attached hydrogen (secondary N) is 1. The van der Waals surface area contributed by atoms with Crippen molar-refractivity contribution in [3.05, 3.63) is 34.9 Å². The van der Waals surface area contributed by atoms with Crippen LogP contribution in [0.4, 0.5) is 0 Å². The third-order valence-corrected chi connectivity index (χ3v) is 5.01. The van der Waals surface area contributed by atoms with Crippen LogP contribution in [-0.2, 0) is 14.3 Å². The second kappa shape index (κ2) is 9.74. The number of carbonyl (C=O) groups is 3. The van der Waals surface area contributed by atoms with Crippen LogP contribution in [0.2, 0.25) is 5.02 Å². The molecule has 1 saturated heterocycles. The number of amides is 2. The van der Waals surface area contributed by atoms with Crippen molar-refractivity contribution >= 4 is 29.4 Å². The summed E-state index contributed by atoms with van der Waals surface area (Å²) in [6.45, 7) is 5.00. The van der Waals surface area contributed by atoms with E-state index in [0.29, 0.717) is 42.9 Å². The number of hydrogen-bond donors (Lipinski definition) is 1. The minimum atomic E-state index is -0.595. The average Bonchev–Trinajstić information content (AvgIpc) is 2.66. The van der Waals surface area contributed by atoms with Crippen molar-refractivity contribution in [1.82, 2.24) is 10.2 Å². The number of benzene rings is 1. The minimum Gasteiger partial charge on any atom is -0.469 e. The molecule has 0 aromatic heterocycles. The molecule has 1 aliphatic heterocycles. The normalized spacial score (nSPS) is 16.1. The largest absolute Gasteiger partial charge is 0.469 e. The zero-order valence-electron chi connectivity index (χ0n) is 16.0. The first-order valence-electron chi connectivity index (χ1n) is 9.24. The predicted octanol–water partition coefficient (Wildman–Crippen LogP) is 2.90. The summed E-state index contributed by atoms with van der Waals surface area (Å²) in [4.78, 5) is 38.9. The molecule has 27 heavy (non-hydrogen) atoms. The van der Waals surface area contributed by atoms with Crippen molar-refractivity contribution in [3.8, 4) is 0 Å². The molecule has 1 aromatic carbocycles. The maximum atomic E-state index is 13.0. The number of carbonyl (C=O) groups excluding carboxylic acids is 3. The van der Waals surface area contributed by atoms with Crippen molar-refractivity contribution in [2.45, 2.75) is 39.2 Å². The molecule has 2 amide bonds. The molecule has 1 fully saturated rings. The number of ether oxygens (including phenoxy) is 1. The lowest BCUT2D eigenvalue weighted by atomic mass is 9.95. The molecular weight excluding hydrogens is 368 g/mol. The molecule has 2 rings (SSSR count). The number of rotatable bonds is 6. The maximum Gasteiger partial charge on any atom is 0.308 e. The molecule has 1 aliphatic rings. The highest BCUT2D eigenvalue weighted by molar-refractivity contribution is 6.30. The highest BCUT2D eigenvalue weighted by atomic mass is 35.5. The van der Waals surface area contributed by atoms with E-state index in [2.05, 4.69) is 5.32 Å². The zero-order chi connectivity index (χ0) is 20.0. The Morgan fingerprint density at radius 2 is 1.78 bits per heavy atom. The second-order valence-corrected chi connectivity index (χ2v) is 7.72. The topological polar surface area (TPSA) is 75.7 Å². The van der Waals surface area contributed by atoms with E-state index in [1.165, 1.54) is 7.11 Å². The fourth-order valence-electron chi connectivity index (χ4n) is 3.26. The molecule has 7 heteroatoms. The van der Waals surface area contributed by atoms with E-state index >= 15 is 0 Å². The highest BCUT2D eigenvalue weighted by Crippen LogP contribution is 2.20. The van der Waals surface area contributed by atoms with Crippen LogP contribution < -0.4 is 5.32 Å². The molecule has 0 spiro atoms. The molecular formula is C20H27ClN2O4. The van der Waals surface area contributed by atoms with Gasteiger partial charge in [0.25, 0.3) is 5.91 Å². The van der Waals surface area contributed by atoms with Crippen molar-refractivity contribution in [2.24, 2.45) is 11.8 Å². The first kappa shape index (κ1) is 21.2. The van der Waals surface area contributed by atoms with Gasteiger partial charge in [-0.2, -0.15) is 0 Å². The molecule has 0 radical (unpaired) electrons. The zero-order valence-corrected chi connectivity index (χ0v) is 16.8. The molecule has 1 aromatic rings. The van der Waals surface area contributed by atoms with E-state index in [-0.39, 0.29) is 29.6 Å². The third-order valence-electron chi connectivity index (χ3n) is 4.76. The van der Waals surface area contributed by atoms with Crippen molar-refractivity contribution in [3.63, 3.8) is 0 Å². The monoisotopic (exact) mass is 394 g/mol. The summed E-state index contributed by atoms with van der Waals surface area (Å²) in [5.41, 5.74) is 0.463. The van der Waals surface area contributed by atoms with Crippen molar-refractivity contribution < 1.29 is 19.1 Å². The van der Waals surface area contributed by atoms with Crippen LogP contribution in [-0.4, -0.2) is 48.9 Å². The number of hydrogen-bond acceptors (Lipinski definition) is 4. The molecule has 1 N–H and O–H groups in total. The van der Waals surface area contributed by atoms with Gasteiger partial charge >= 0.3 is 5.97 Å². The fraction of sp³-hybridized carbons (Fsp3) is 0.550. The average molecular weight is 395 g/mol. The summed E-state index contributed by atoms with van der Waals surface area (Å²) in [7, 11) is 1.38. The summed E-state index contributed by atoms with van der Waals surface area (Å²) in [6, 6.07) is 5.97. The van der Waals surface area contributed by atoms with E-state index < -0.39 is 6.04 Å². The lowest BCUT2D eigenvalue weighted by Gasteiger charge is -2.34. The van der Waals surface area contributed by atoms with Crippen LogP contribution in [0.15, 0.2) is 24.3 Å². The van der Waals surface area contributed by atoms with Gasteiger partial charge in [-0.05, 0) is 49.4 Å².